The SMILES string of the molecule is CCCOc1ccnc(NC(C)C(=O)NCCOC)n1. The molecular weight excluding hydrogens is 260 g/mol. The van der Waals surface area contributed by atoms with Gasteiger partial charge in [-0.2, -0.15) is 4.98 Å². The van der Waals surface area contributed by atoms with Crippen LogP contribution in [0.4, 0.5) is 5.95 Å². The zero-order chi connectivity index (χ0) is 14.8. The van der Waals surface area contributed by atoms with Crippen molar-refractivity contribution in [3.63, 3.8) is 0 Å². The van der Waals surface area contributed by atoms with Crippen LogP contribution in [-0.4, -0.2) is 48.8 Å². The van der Waals surface area contributed by atoms with Crippen molar-refractivity contribution in [2.24, 2.45) is 0 Å². The van der Waals surface area contributed by atoms with Crippen molar-refractivity contribution in [2.75, 3.05) is 32.2 Å². The van der Waals surface area contributed by atoms with Gasteiger partial charge >= 0.3 is 0 Å². The molecule has 1 aromatic rings. The zero-order valence-electron chi connectivity index (χ0n) is 12.2. The number of nitrogens with zero attached hydrogens (tertiary/aromatic N) is 2. The van der Waals surface area contributed by atoms with Crippen molar-refractivity contribution in [2.45, 2.75) is 26.3 Å². The normalized spacial score (nSPS) is 11.8. The van der Waals surface area contributed by atoms with E-state index in [9.17, 15) is 4.79 Å². The first kappa shape index (κ1) is 16.2. The van der Waals surface area contributed by atoms with Gasteiger partial charge in [-0.1, -0.05) is 6.92 Å². The molecule has 20 heavy (non-hydrogen) atoms. The molecule has 2 N–H and O–H groups in total. The minimum atomic E-state index is -0.437. The smallest absolute Gasteiger partial charge is 0.242 e. The van der Waals surface area contributed by atoms with Crippen molar-refractivity contribution >= 4 is 11.9 Å². The van der Waals surface area contributed by atoms with Crippen molar-refractivity contribution < 1.29 is 14.3 Å². The highest BCUT2D eigenvalue weighted by Crippen LogP contribution is 2.09. The lowest BCUT2D eigenvalue weighted by molar-refractivity contribution is -0.121. The standard InChI is InChI=1S/C13H22N4O3/c1-4-8-20-11-5-6-15-13(17-11)16-10(2)12(18)14-7-9-19-3/h5-6,10H,4,7-9H2,1-3H3,(H,14,18)(H,15,16,17). The van der Waals surface area contributed by atoms with E-state index in [0.717, 1.165) is 6.42 Å². The molecule has 0 saturated heterocycles. The number of nitrogens with one attached hydrogen (secondary N) is 2. The summed E-state index contributed by atoms with van der Waals surface area (Å²) in [5, 5.41) is 5.67. The van der Waals surface area contributed by atoms with Gasteiger partial charge in [-0.3, -0.25) is 4.79 Å². The van der Waals surface area contributed by atoms with Crippen LogP contribution in [0.3, 0.4) is 0 Å². The fourth-order valence-electron chi connectivity index (χ4n) is 1.39. The summed E-state index contributed by atoms with van der Waals surface area (Å²) in [6.45, 7) is 5.32. The van der Waals surface area contributed by atoms with E-state index < -0.39 is 6.04 Å². The average molecular weight is 282 g/mol. The van der Waals surface area contributed by atoms with E-state index in [2.05, 4.69) is 20.6 Å². The van der Waals surface area contributed by atoms with Crippen LogP contribution in [0, 0.1) is 0 Å². The number of hydrogen-bond acceptors (Lipinski definition) is 6. The second kappa shape index (κ2) is 9.08. The summed E-state index contributed by atoms with van der Waals surface area (Å²) >= 11 is 0. The molecule has 0 saturated carbocycles. The maximum atomic E-state index is 11.8. The number of methoxy groups -OCH3 is 1. The molecule has 0 spiro atoms. The highest BCUT2D eigenvalue weighted by molar-refractivity contribution is 5.83. The van der Waals surface area contributed by atoms with Gasteiger partial charge in [0.2, 0.25) is 17.7 Å². The molecule has 0 radical (unpaired) electrons. The summed E-state index contributed by atoms with van der Waals surface area (Å²) in [5.41, 5.74) is 0. The molecule has 1 amide bonds. The number of hydrogen-bond donors (Lipinski definition) is 2. The molecule has 0 aliphatic heterocycles. The molecule has 112 valence electrons. The lowest BCUT2D eigenvalue weighted by Crippen LogP contribution is -2.39. The number of amides is 1. The van der Waals surface area contributed by atoms with Gasteiger partial charge in [0.25, 0.3) is 0 Å². The Morgan fingerprint density at radius 2 is 2.25 bits per heavy atom. The van der Waals surface area contributed by atoms with Gasteiger partial charge in [-0.15, -0.1) is 0 Å². The number of rotatable bonds is 9. The Labute approximate surface area is 119 Å². The first-order chi connectivity index (χ1) is 9.67. The largest absolute Gasteiger partial charge is 0.478 e. The minimum Gasteiger partial charge on any atom is -0.478 e. The van der Waals surface area contributed by atoms with Gasteiger partial charge in [-0.05, 0) is 13.3 Å². The molecule has 0 aromatic carbocycles. The number of anilines is 1. The summed E-state index contributed by atoms with van der Waals surface area (Å²) in [5.74, 6) is 0.731. The summed E-state index contributed by atoms with van der Waals surface area (Å²) < 4.78 is 10.3. The zero-order valence-corrected chi connectivity index (χ0v) is 12.2. The maximum absolute atomic E-state index is 11.8. The molecule has 1 aromatic heterocycles. The van der Waals surface area contributed by atoms with Crippen molar-refractivity contribution in [3.05, 3.63) is 12.3 Å². The van der Waals surface area contributed by atoms with Crippen LogP contribution in [0.1, 0.15) is 20.3 Å². The molecular formula is C13H22N4O3. The Bertz CT molecular complexity index is 414. The maximum Gasteiger partial charge on any atom is 0.242 e. The fraction of sp³-hybridized carbons (Fsp3) is 0.615. The Morgan fingerprint density at radius 3 is 2.95 bits per heavy atom. The van der Waals surface area contributed by atoms with E-state index in [-0.39, 0.29) is 5.91 Å². The van der Waals surface area contributed by atoms with Crippen LogP contribution in [0.2, 0.25) is 0 Å². The van der Waals surface area contributed by atoms with E-state index in [1.165, 1.54) is 0 Å². The van der Waals surface area contributed by atoms with Gasteiger partial charge in [0.1, 0.15) is 6.04 Å². The quantitative estimate of drug-likeness (QED) is 0.652. The third-order valence-electron chi connectivity index (χ3n) is 2.43. The van der Waals surface area contributed by atoms with Crippen LogP contribution in [0.5, 0.6) is 5.88 Å². The summed E-state index contributed by atoms with van der Waals surface area (Å²) in [4.78, 5) is 20.0. The summed E-state index contributed by atoms with van der Waals surface area (Å²) in [6, 6.07) is 1.25. The lowest BCUT2D eigenvalue weighted by atomic mass is 10.3. The molecule has 7 heteroatoms. The predicted octanol–water partition coefficient (Wildman–Crippen LogP) is 0.828. The number of aromatic nitrogens is 2. The Kier molecular flexibility index (Phi) is 7.34. The molecule has 0 aliphatic rings. The molecule has 0 fully saturated rings. The minimum absolute atomic E-state index is 0.134. The Balaban J connectivity index is 2.48. The average Bonchev–Trinajstić information content (AvgIpc) is 2.45. The lowest BCUT2D eigenvalue weighted by Gasteiger charge is -2.14. The van der Waals surface area contributed by atoms with Gasteiger partial charge in [0.05, 0.1) is 13.2 Å². The molecule has 1 atom stereocenters. The van der Waals surface area contributed by atoms with Gasteiger partial charge < -0.3 is 20.1 Å². The third kappa shape index (κ3) is 5.83. The van der Waals surface area contributed by atoms with E-state index >= 15 is 0 Å². The van der Waals surface area contributed by atoms with Gasteiger partial charge in [0, 0.05) is 25.9 Å². The van der Waals surface area contributed by atoms with Crippen molar-refractivity contribution in [1.29, 1.82) is 0 Å². The molecule has 0 aliphatic carbocycles. The first-order valence-corrected chi connectivity index (χ1v) is 6.66. The molecule has 1 unspecified atom stereocenters. The number of carbonyl (C=O) groups excluding carboxylic acids is 1. The van der Waals surface area contributed by atoms with Crippen molar-refractivity contribution in [3.8, 4) is 5.88 Å². The van der Waals surface area contributed by atoms with Crippen LogP contribution >= 0.6 is 0 Å². The van der Waals surface area contributed by atoms with Gasteiger partial charge in [0.15, 0.2) is 0 Å². The summed E-state index contributed by atoms with van der Waals surface area (Å²) in [6.07, 6.45) is 2.50. The number of ether oxygens (including phenoxy) is 2. The second-order valence-corrected chi connectivity index (χ2v) is 4.22. The number of carbonyl (C=O) groups is 1. The monoisotopic (exact) mass is 282 g/mol. The Hall–Kier alpha value is -1.89. The molecule has 1 heterocycles. The molecule has 1 rings (SSSR count). The van der Waals surface area contributed by atoms with Crippen LogP contribution in [0.15, 0.2) is 12.3 Å². The summed E-state index contributed by atoms with van der Waals surface area (Å²) in [7, 11) is 1.59. The second-order valence-electron chi connectivity index (χ2n) is 4.22. The van der Waals surface area contributed by atoms with E-state index in [1.807, 2.05) is 6.92 Å². The first-order valence-electron chi connectivity index (χ1n) is 6.66. The van der Waals surface area contributed by atoms with Crippen LogP contribution < -0.4 is 15.4 Å². The van der Waals surface area contributed by atoms with Crippen LogP contribution in [-0.2, 0) is 9.53 Å². The van der Waals surface area contributed by atoms with E-state index in [0.29, 0.717) is 31.6 Å². The topological polar surface area (TPSA) is 85.4 Å². The third-order valence-corrected chi connectivity index (χ3v) is 2.43. The van der Waals surface area contributed by atoms with E-state index in [4.69, 9.17) is 9.47 Å². The van der Waals surface area contributed by atoms with Crippen molar-refractivity contribution in [1.82, 2.24) is 15.3 Å². The molecule has 0 bridgehead atoms. The highest BCUT2D eigenvalue weighted by Gasteiger charge is 2.13. The Morgan fingerprint density at radius 1 is 1.45 bits per heavy atom. The predicted molar refractivity (Wildman–Crippen MR) is 75.8 cm³/mol. The molecule has 7 nitrogen and oxygen atoms in total. The van der Waals surface area contributed by atoms with Crippen LogP contribution in [0.25, 0.3) is 0 Å². The van der Waals surface area contributed by atoms with Gasteiger partial charge in [-0.25, -0.2) is 4.98 Å². The van der Waals surface area contributed by atoms with E-state index in [1.54, 1.807) is 26.3 Å². The fourth-order valence-corrected chi connectivity index (χ4v) is 1.39. The highest BCUT2D eigenvalue weighted by atomic mass is 16.5.